The lowest BCUT2D eigenvalue weighted by Gasteiger charge is -2.38. The number of ether oxygens (including phenoxy) is 2. The molecule has 0 bridgehead atoms. The minimum absolute atomic E-state index is 0.0835. The van der Waals surface area contributed by atoms with Crippen LogP contribution in [0.2, 0.25) is 0 Å². The molecule has 12 heteroatoms. The lowest BCUT2D eigenvalue weighted by atomic mass is 9.99. The molecular weight excluding hydrogens is 377 g/mol. The Morgan fingerprint density at radius 2 is 1.93 bits per heavy atom. The largest absolute Gasteiger partial charge is 0.471 e. The van der Waals surface area contributed by atoms with E-state index >= 15 is 0 Å². The summed E-state index contributed by atoms with van der Waals surface area (Å²) in [6.07, 6.45) is -9.37. The molecule has 0 aromatic heterocycles. The fraction of sp³-hybridized carbons (Fsp3) is 0.467. The van der Waals surface area contributed by atoms with Crippen LogP contribution < -0.4 is 5.32 Å². The molecule has 1 amide bonds. The van der Waals surface area contributed by atoms with Gasteiger partial charge < -0.3 is 19.9 Å². The van der Waals surface area contributed by atoms with Crippen LogP contribution in [0.3, 0.4) is 0 Å². The number of alkyl halides is 3. The summed E-state index contributed by atoms with van der Waals surface area (Å²) >= 11 is 0. The van der Waals surface area contributed by atoms with Gasteiger partial charge in [0.15, 0.2) is 6.29 Å². The molecule has 0 spiro atoms. The van der Waals surface area contributed by atoms with Crippen LogP contribution in [0.15, 0.2) is 24.3 Å². The smallest absolute Gasteiger partial charge is 0.454 e. The van der Waals surface area contributed by atoms with E-state index in [-0.39, 0.29) is 11.3 Å². The second-order valence-electron chi connectivity index (χ2n) is 5.78. The maximum atomic E-state index is 12.5. The molecule has 9 nitrogen and oxygen atoms in total. The number of aliphatic hydroxyl groups excluding tert-OH is 1. The summed E-state index contributed by atoms with van der Waals surface area (Å²) in [5, 5.41) is 21.9. The zero-order chi connectivity index (χ0) is 20.4. The SMILES string of the molecule is C[C@H]1O[C@H](O)C[C@H](NC(=O)C(F)(F)F)[C@H]1OC(=O)c1ccc([N+](=O)[O-])cc1. The number of carbonyl (C=O) groups excluding carboxylic acids is 2. The molecule has 0 radical (unpaired) electrons. The van der Waals surface area contributed by atoms with E-state index in [1.807, 2.05) is 0 Å². The van der Waals surface area contributed by atoms with Crippen LogP contribution in [0.25, 0.3) is 0 Å². The van der Waals surface area contributed by atoms with E-state index in [2.05, 4.69) is 0 Å². The predicted octanol–water partition coefficient (Wildman–Crippen LogP) is 1.29. The van der Waals surface area contributed by atoms with Crippen molar-refractivity contribution in [1.29, 1.82) is 0 Å². The zero-order valence-electron chi connectivity index (χ0n) is 13.8. The van der Waals surface area contributed by atoms with Crippen LogP contribution in [0.4, 0.5) is 18.9 Å². The number of esters is 1. The molecule has 1 fully saturated rings. The maximum absolute atomic E-state index is 12.5. The topological polar surface area (TPSA) is 128 Å². The molecule has 2 N–H and O–H groups in total. The summed E-state index contributed by atoms with van der Waals surface area (Å²) < 4.78 is 47.6. The monoisotopic (exact) mass is 392 g/mol. The second-order valence-corrected chi connectivity index (χ2v) is 5.78. The number of nitro groups is 1. The highest BCUT2D eigenvalue weighted by Gasteiger charge is 2.45. The Morgan fingerprint density at radius 3 is 2.44 bits per heavy atom. The Bertz CT molecular complexity index is 723. The molecular formula is C15H15F3N2O7. The van der Waals surface area contributed by atoms with Crippen molar-refractivity contribution in [3.05, 3.63) is 39.9 Å². The summed E-state index contributed by atoms with van der Waals surface area (Å²) in [6, 6.07) is 3.01. The number of halogens is 3. The Kier molecular flexibility index (Phi) is 6.01. The van der Waals surface area contributed by atoms with Crippen LogP contribution in [-0.4, -0.2) is 52.6 Å². The van der Waals surface area contributed by atoms with Crippen molar-refractivity contribution in [2.45, 2.75) is 44.1 Å². The van der Waals surface area contributed by atoms with Gasteiger partial charge in [-0.2, -0.15) is 13.2 Å². The van der Waals surface area contributed by atoms with Gasteiger partial charge in [-0.25, -0.2) is 4.79 Å². The van der Waals surface area contributed by atoms with Gasteiger partial charge >= 0.3 is 18.1 Å². The third kappa shape index (κ3) is 5.14. The predicted molar refractivity (Wildman–Crippen MR) is 81.5 cm³/mol. The van der Waals surface area contributed by atoms with Crippen molar-refractivity contribution in [1.82, 2.24) is 5.32 Å². The number of hydrogen-bond donors (Lipinski definition) is 2. The molecule has 1 saturated heterocycles. The molecule has 4 atom stereocenters. The quantitative estimate of drug-likeness (QED) is 0.449. The average Bonchev–Trinajstić information content (AvgIpc) is 2.56. The zero-order valence-corrected chi connectivity index (χ0v) is 13.8. The highest BCUT2D eigenvalue weighted by atomic mass is 19.4. The third-order valence-electron chi connectivity index (χ3n) is 3.82. The van der Waals surface area contributed by atoms with E-state index in [4.69, 9.17) is 9.47 Å². The van der Waals surface area contributed by atoms with Crippen LogP contribution in [0, 0.1) is 10.1 Å². The van der Waals surface area contributed by atoms with Crippen LogP contribution in [0.5, 0.6) is 0 Å². The number of carbonyl (C=O) groups is 2. The first-order valence-electron chi connectivity index (χ1n) is 7.65. The van der Waals surface area contributed by atoms with E-state index in [1.165, 1.54) is 6.92 Å². The van der Waals surface area contributed by atoms with Gasteiger partial charge in [-0.3, -0.25) is 14.9 Å². The Balaban J connectivity index is 2.15. The number of nitrogens with one attached hydrogen (secondary N) is 1. The van der Waals surface area contributed by atoms with E-state index in [0.29, 0.717) is 0 Å². The van der Waals surface area contributed by atoms with E-state index in [0.717, 1.165) is 24.3 Å². The third-order valence-corrected chi connectivity index (χ3v) is 3.82. The van der Waals surface area contributed by atoms with Crippen molar-refractivity contribution >= 4 is 17.6 Å². The molecule has 148 valence electrons. The summed E-state index contributed by atoms with van der Waals surface area (Å²) in [5.41, 5.74) is -0.348. The molecule has 1 aromatic rings. The summed E-state index contributed by atoms with van der Waals surface area (Å²) in [4.78, 5) is 33.3. The minimum Gasteiger partial charge on any atom is -0.454 e. The number of aliphatic hydroxyl groups is 1. The first-order chi connectivity index (χ1) is 12.5. The van der Waals surface area contributed by atoms with Gasteiger partial charge in [-0.05, 0) is 19.1 Å². The molecule has 2 rings (SSSR count). The molecule has 1 heterocycles. The Morgan fingerprint density at radius 1 is 1.33 bits per heavy atom. The van der Waals surface area contributed by atoms with Gasteiger partial charge in [0.05, 0.1) is 22.6 Å². The van der Waals surface area contributed by atoms with E-state index in [1.54, 1.807) is 5.32 Å². The van der Waals surface area contributed by atoms with Gasteiger partial charge in [0, 0.05) is 18.6 Å². The summed E-state index contributed by atoms with van der Waals surface area (Å²) in [6.45, 7) is 1.35. The number of nitro benzene ring substituents is 1. The lowest BCUT2D eigenvalue weighted by molar-refractivity contribution is -0.384. The van der Waals surface area contributed by atoms with Crippen LogP contribution >= 0.6 is 0 Å². The number of nitrogens with zero attached hydrogens (tertiary/aromatic N) is 1. The van der Waals surface area contributed by atoms with Crippen molar-refractivity contribution < 1.29 is 42.3 Å². The molecule has 0 aliphatic carbocycles. The average molecular weight is 392 g/mol. The number of amides is 1. The molecule has 1 aliphatic heterocycles. The highest BCUT2D eigenvalue weighted by Crippen LogP contribution is 2.25. The molecule has 27 heavy (non-hydrogen) atoms. The number of hydrogen-bond acceptors (Lipinski definition) is 7. The first kappa shape index (κ1) is 20.6. The number of rotatable bonds is 4. The fourth-order valence-electron chi connectivity index (χ4n) is 2.54. The van der Waals surface area contributed by atoms with E-state index < -0.39 is 53.9 Å². The van der Waals surface area contributed by atoms with Crippen LogP contribution in [0.1, 0.15) is 23.7 Å². The molecule has 1 aliphatic rings. The molecule has 1 aromatic carbocycles. The van der Waals surface area contributed by atoms with Crippen molar-refractivity contribution in [3.8, 4) is 0 Å². The van der Waals surface area contributed by atoms with Crippen molar-refractivity contribution in [2.24, 2.45) is 0 Å². The molecule has 0 unspecified atom stereocenters. The Labute approximate surface area is 150 Å². The minimum atomic E-state index is -5.15. The maximum Gasteiger partial charge on any atom is 0.471 e. The highest BCUT2D eigenvalue weighted by molar-refractivity contribution is 5.90. The first-order valence-corrected chi connectivity index (χ1v) is 7.65. The molecule has 0 saturated carbocycles. The fourth-order valence-corrected chi connectivity index (χ4v) is 2.54. The summed E-state index contributed by atoms with van der Waals surface area (Å²) in [7, 11) is 0. The second kappa shape index (κ2) is 7.88. The summed E-state index contributed by atoms with van der Waals surface area (Å²) in [5.74, 6) is -3.22. The van der Waals surface area contributed by atoms with Crippen LogP contribution in [-0.2, 0) is 14.3 Å². The standard InChI is InChI=1S/C15H15F3N2O7/c1-7-12(10(6-11(21)26-7)19-14(23)15(16,17)18)27-13(22)8-2-4-9(5-3-8)20(24)25/h2-5,7,10-12,21H,6H2,1H3,(H,19,23)/t7-,10+,11+,12+/m1/s1. The Hall–Kier alpha value is -2.73. The lowest BCUT2D eigenvalue weighted by Crippen LogP contribution is -2.58. The van der Waals surface area contributed by atoms with Gasteiger partial charge in [-0.15, -0.1) is 0 Å². The van der Waals surface area contributed by atoms with Crippen molar-refractivity contribution in [3.63, 3.8) is 0 Å². The van der Waals surface area contributed by atoms with E-state index in [9.17, 15) is 38.0 Å². The van der Waals surface area contributed by atoms with Crippen molar-refractivity contribution in [2.75, 3.05) is 0 Å². The van der Waals surface area contributed by atoms with Gasteiger partial charge in [0.1, 0.15) is 6.10 Å². The number of benzene rings is 1. The normalized spacial score (nSPS) is 25.5. The van der Waals surface area contributed by atoms with Gasteiger partial charge in [0.25, 0.3) is 5.69 Å². The number of non-ortho nitro benzene ring substituents is 1. The van der Waals surface area contributed by atoms with Gasteiger partial charge in [-0.1, -0.05) is 0 Å². The van der Waals surface area contributed by atoms with Gasteiger partial charge in [0.2, 0.25) is 0 Å².